The minimum Gasteiger partial charge on any atom is -0.398 e. The van der Waals surface area contributed by atoms with Crippen molar-refractivity contribution in [3.63, 3.8) is 0 Å². The number of para-hydroxylation sites is 3. The van der Waals surface area contributed by atoms with E-state index < -0.39 is 0 Å². The third kappa shape index (κ3) is 4.36. The number of fused-ring (bicyclic) bond motifs is 6. The fourth-order valence-electron chi connectivity index (χ4n) is 6.28. The number of hydrogen-bond acceptors (Lipinski definition) is 2. The van der Waals surface area contributed by atoms with Gasteiger partial charge in [-0.15, -0.1) is 0 Å². The number of rotatable bonds is 6. The lowest BCUT2D eigenvalue weighted by molar-refractivity contribution is 1.12. The summed E-state index contributed by atoms with van der Waals surface area (Å²) in [5, 5.41) is 4.59. The Morgan fingerprint density at radius 1 is 0.591 bits per heavy atom. The van der Waals surface area contributed by atoms with Crippen LogP contribution in [-0.4, -0.2) is 14.1 Å². The molecule has 0 saturated heterocycles. The number of pyridine rings is 1. The maximum atomic E-state index is 6.78. The van der Waals surface area contributed by atoms with E-state index in [1.54, 1.807) is 0 Å². The average Bonchev–Trinajstić information content (AvgIpc) is 3.59. The van der Waals surface area contributed by atoms with Crippen LogP contribution in [-0.2, 0) is 6.42 Å². The van der Waals surface area contributed by atoms with Crippen LogP contribution in [0.1, 0.15) is 11.1 Å². The first-order chi connectivity index (χ1) is 21.8. The van der Waals surface area contributed by atoms with Crippen molar-refractivity contribution >= 4 is 55.3 Å². The Bertz CT molecular complexity index is 2340. The Morgan fingerprint density at radius 3 is 1.89 bits per heavy atom. The van der Waals surface area contributed by atoms with Crippen molar-refractivity contribution in [2.24, 2.45) is 5.73 Å². The molecule has 0 saturated carbocycles. The second kappa shape index (κ2) is 10.8. The Balaban J connectivity index is 1.45. The molecule has 0 amide bonds. The van der Waals surface area contributed by atoms with Gasteiger partial charge in [0.1, 0.15) is 11.3 Å². The zero-order chi connectivity index (χ0) is 29.5. The third-order valence-corrected chi connectivity index (χ3v) is 8.35. The van der Waals surface area contributed by atoms with Gasteiger partial charge in [0.25, 0.3) is 0 Å². The zero-order valence-electron chi connectivity index (χ0n) is 24.1. The molecule has 0 aliphatic carbocycles. The molecular formula is C40H30N4. The summed E-state index contributed by atoms with van der Waals surface area (Å²) >= 11 is 0. The van der Waals surface area contributed by atoms with Crippen molar-refractivity contribution in [2.75, 3.05) is 0 Å². The Morgan fingerprint density at radius 2 is 1.16 bits per heavy atom. The number of benzene rings is 5. The molecule has 0 fully saturated rings. The molecule has 0 unspecified atom stereocenters. The van der Waals surface area contributed by atoms with Crippen LogP contribution in [0.15, 0.2) is 158 Å². The van der Waals surface area contributed by atoms with E-state index in [9.17, 15) is 0 Å². The van der Waals surface area contributed by atoms with Gasteiger partial charge >= 0.3 is 0 Å². The van der Waals surface area contributed by atoms with Crippen LogP contribution >= 0.6 is 0 Å². The van der Waals surface area contributed by atoms with E-state index in [0.717, 1.165) is 61.9 Å². The molecule has 0 bridgehead atoms. The number of aromatic nitrogens is 3. The molecule has 0 aliphatic rings. The summed E-state index contributed by atoms with van der Waals surface area (Å²) in [6.45, 7) is 0. The summed E-state index contributed by atoms with van der Waals surface area (Å²) in [5.74, 6) is 0. The fourth-order valence-corrected chi connectivity index (χ4v) is 6.28. The first kappa shape index (κ1) is 25.8. The molecule has 3 aromatic heterocycles. The Hall–Kier alpha value is -5.87. The van der Waals surface area contributed by atoms with E-state index in [-0.39, 0.29) is 0 Å². The highest BCUT2D eigenvalue weighted by molar-refractivity contribution is 6.17. The van der Waals surface area contributed by atoms with Crippen molar-refractivity contribution in [3.8, 4) is 5.69 Å². The van der Waals surface area contributed by atoms with Gasteiger partial charge in [0, 0.05) is 38.6 Å². The predicted molar refractivity (Wildman–Crippen MR) is 185 cm³/mol. The molecule has 0 aliphatic heterocycles. The highest BCUT2D eigenvalue weighted by Gasteiger charge is 2.20. The molecule has 4 nitrogen and oxygen atoms in total. The lowest BCUT2D eigenvalue weighted by Crippen LogP contribution is -2.03. The summed E-state index contributed by atoms with van der Waals surface area (Å²) in [6, 6.07) is 50.6. The van der Waals surface area contributed by atoms with Crippen LogP contribution in [0.5, 0.6) is 0 Å². The van der Waals surface area contributed by atoms with Crippen LogP contribution in [0.3, 0.4) is 0 Å². The molecule has 0 radical (unpaired) electrons. The summed E-state index contributed by atoms with van der Waals surface area (Å²) < 4.78 is 4.55. The third-order valence-electron chi connectivity index (χ3n) is 8.35. The SMILES string of the molecule is N/C(=C\C(=C/Cc1ccccc1)n1c2ccccc2c2cc3c4ccccc4n(-c4ccccc4)c3nc21)c1ccccc1. The van der Waals surface area contributed by atoms with Gasteiger partial charge in [-0.3, -0.25) is 9.13 Å². The number of allylic oxidation sites excluding steroid dienone is 3. The molecule has 210 valence electrons. The first-order valence-electron chi connectivity index (χ1n) is 14.9. The van der Waals surface area contributed by atoms with Crippen molar-refractivity contribution in [1.29, 1.82) is 0 Å². The predicted octanol–water partition coefficient (Wildman–Crippen LogP) is 9.37. The molecule has 2 N–H and O–H groups in total. The molecule has 44 heavy (non-hydrogen) atoms. The van der Waals surface area contributed by atoms with Gasteiger partial charge in [0.2, 0.25) is 0 Å². The van der Waals surface area contributed by atoms with Crippen LogP contribution in [0.2, 0.25) is 0 Å². The molecule has 5 aromatic carbocycles. The van der Waals surface area contributed by atoms with Crippen LogP contribution < -0.4 is 5.73 Å². The second-order valence-corrected chi connectivity index (χ2v) is 11.1. The van der Waals surface area contributed by atoms with Gasteiger partial charge < -0.3 is 5.73 Å². The first-order valence-corrected chi connectivity index (χ1v) is 14.9. The zero-order valence-corrected chi connectivity index (χ0v) is 24.1. The summed E-state index contributed by atoms with van der Waals surface area (Å²) in [4.78, 5) is 5.50. The van der Waals surface area contributed by atoms with E-state index in [1.165, 1.54) is 10.9 Å². The lowest BCUT2D eigenvalue weighted by atomic mass is 10.1. The van der Waals surface area contributed by atoms with Gasteiger partial charge in [-0.25, -0.2) is 4.98 Å². The minimum atomic E-state index is 0.704. The molecule has 0 spiro atoms. The van der Waals surface area contributed by atoms with Crippen LogP contribution in [0.25, 0.3) is 61.0 Å². The van der Waals surface area contributed by atoms with E-state index in [2.05, 4.69) is 130 Å². The maximum absolute atomic E-state index is 6.78. The summed E-state index contributed by atoms with van der Waals surface area (Å²) in [6.07, 6.45) is 5.10. The van der Waals surface area contributed by atoms with Crippen LogP contribution in [0, 0.1) is 0 Å². The van der Waals surface area contributed by atoms with Crippen LogP contribution in [0.4, 0.5) is 0 Å². The monoisotopic (exact) mass is 566 g/mol. The quantitative estimate of drug-likeness (QED) is 0.204. The van der Waals surface area contributed by atoms with Crippen molar-refractivity contribution < 1.29 is 0 Å². The Labute approximate surface area is 255 Å². The standard InChI is InChI=1S/C40H30N4/c41-36(29-16-6-2-7-17-29)26-31(25-24-28-14-4-1-5-15-28)44-38-23-13-11-21-33(38)35-27-34-32-20-10-12-22-37(32)43(39(34)42-40(35)44)30-18-8-3-9-19-30/h1-23,25-27H,24,41H2/b31-25+,36-26-. The Kier molecular flexibility index (Phi) is 6.31. The number of nitrogens with zero attached hydrogens (tertiary/aromatic N) is 3. The molecule has 3 heterocycles. The summed E-state index contributed by atoms with van der Waals surface area (Å²) in [7, 11) is 0. The highest BCUT2D eigenvalue weighted by Crippen LogP contribution is 2.38. The van der Waals surface area contributed by atoms with Crippen molar-refractivity contribution in [3.05, 3.63) is 169 Å². The van der Waals surface area contributed by atoms with Gasteiger partial charge in [-0.1, -0.05) is 121 Å². The largest absolute Gasteiger partial charge is 0.398 e. The van der Waals surface area contributed by atoms with E-state index >= 15 is 0 Å². The van der Waals surface area contributed by atoms with E-state index in [4.69, 9.17) is 10.7 Å². The van der Waals surface area contributed by atoms with Crippen molar-refractivity contribution in [2.45, 2.75) is 6.42 Å². The van der Waals surface area contributed by atoms with Gasteiger partial charge in [0.15, 0.2) is 0 Å². The smallest absolute Gasteiger partial charge is 0.148 e. The molecule has 4 heteroatoms. The van der Waals surface area contributed by atoms with Gasteiger partial charge in [0.05, 0.1) is 11.0 Å². The topological polar surface area (TPSA) is 48.8 Å². The average molecular weight is 567 g/mol. The summed E-state index contributed by atoms with van der Waals surface area (Å²) in [5.41, 5.74) is 15.8. The molecule has 0 atom stereocenters. The van der Waals surface area contributed by atoms with E-state index in [0.29, 0.717) is 5.70 Å². The van der Waals surface area contributed by atoms with Gasteiger partial charge in [-0.05, 0) is 54.0 Å². The maximum Gasteiger partial charge on any atom is 0.148 e. The molecule has 8 rings (SSSR count). The lowest BCUT2D eigenvalue weighted by Gasteiger charge is -2.12. The molecule has 8 aromatic rings. The minimum absolute atomic E-state index is 0.704. The normalized spacial score (nSPS) is 12.5. The fraction of sp³-hybridized carbons (Fsp3) is 0.0250. The van der Waals surface area contributed by atoms with Gasteiger partial charge in [-0.2, -0.15) is 0 Å². The molecular weight excluding hydrogens is 536 g/mol. The van der Waals surface area contributed by atoms with E-state index in [1.807, 2.05) is 36.4 Å². The number of nitrogens with two attached hydrogens (primary N) is 1. The number of hydrogen-bond donors (Lipinski definition) is 1. The second-order valence-electron chi connectivity index (χ2n) is 11.1. The van der Waals surface area contributed by atoms with Crippen molar-refractivity contribution in [1.82, 2.24) is 14.1 Å². The highest BCUT2D eigenvalue weighted by atomic mass is 15.1.